The van der Waals surface area contributed by atoms with E-state index in [1.165, 1.54) is 18.2 Å². The highest BCUT2D eigenvalue weighted by atomic mass is 19.4. The standard InChI is InChI=1S/C25H18F3N3O3/c26-25(27,28)34-19-3-1-2-16(13-19)23-7-6-18(33-23)5-4-17-12-15(8-10-29-17)22-14-20-21(31-22)9-11-30-24(20)32/h1-8,10,12-14,31H,9,11H2,(H,30,32). The minimum absolute atomic E-state index is 0.0814. The Bertz CT molecular complexity index is 1390. The van der Waals surface area contributed by atoms with Crippen molar-refractivity contribution in [1.29, 1.82) is 0 Å². The summed E-state index contributed by atoms with van der Waals surface area (Å²) in [5.41, 5.74) is 4.43. The monoisotopic (exact) mass is 465 g/mol. The van der Waals surface area contributed by atoms with Crippen molar-refractivity contribution in [2.45, 2.75) is 12.8 Å². The van der Waals surface area contributed by atoms with Crippen molar-refractivity contribution >= 4 is 18.1 Å². The largest absolute Gasteiger partial charge is 0.573 e. The van der Waals surface area contributed by atoms with Crippen molar-refractivity contribution in [3.8, 4) is 28.3 Å². The summed E-state index contributed by atoms with van der Waals surface area (Å²) >= 11 is 0. The zero-order valence-corrected chi connectivity index (χ0v) is 17.6. The van der Waals surface area contributed by atoms with Gasteiger partial charge in [0.05, 0.1) is 11.3 Å². The van der Waals surface area contributed by atoms with Gasteiger partial charge in [-0.15, -0.1) is 13.2 Å². The molecule has 4 heterocycles. The first kappa shape index (κ1) is 21.6. The van der Waals surface area contributed by atoms with E-state index < -0.39 is 6.36 Å². The lowest BCUT2D eigenvalue weighted by Gasteiger charge is -2.10. The Labute approximate surface area is 192 Å². The normalized spacial score (nSPS) is 13.7. The van der Waals surface area contributed by atoms with Gasteiger partial charge in [-0.25, -0.2) is 0 Å². The summed E-state index contributed by atoms with van der Waals surface area (Å²) in [4.78, 5) is 19.7. The van der Waals surface area contributed by atoms with Gasteiger partial charge in [-0.3, -0.25) is 9.78 Å². The molecule has 0 saturated carbocycles. The number of hydrogen-bond acceptors (Lipinski definition) is 4. The molecule has 0 bridgehead atoms. The van der Waals surface area contributed by atoms with Gasteiger partial charge >= 0.3 is 6.36 Å². The first-order valence-electron chi connectivity index (χ1n) is 10.4. The SMILES string of the molecule is O=C1NCCc2[nH]c(-c3ccnc(C=Cc4ccc(-c5cccc(OC(F)(F)F)c5)o4)c3)cc21. The van der Waals surface area contributed by atoms with Crippen LogP contribution in [0.2, 0.25) is 0 Å². The van der Waals surface area contributed by atoms with Crippen molar-refractivity contribution in [3.63, 3.8) is 0 Å². The lowest BCUT2D eigenvalue weighted by atomic mass is 10.1. The number of benzene rings is 1. The van der Waals surface area contributed by atoms with Gasteiger partial charge < -0.3 is 19.5 Å². The Morgan fingerprint density at radius 3 is 2.74 bits per heavy atom. The van der Waals surface area contributed by atoms with E-state index in [1.807, 2.05) is 18.2 Å². The molecular weight excluding hydrogens is 447 g/mol. The van der Waals surface area contributed by atoms with Crippen molar-refractivity contribution < 1.29 is 27.1 Å². The number of carbonyl (C=O) groups excluding carboxylic acids is 1. The summed E-state index contributed by atoms with van der Waals surface area (Å²) in [5.74, 6) is 0.519. The molecular formula is C25H18F3N3O3. The molecule has 0 unspecified atom stereocenters. The number of amides is 1. The van der Waals surface area contributed by atoms with Crippen molar-refractivity contribution in [2.24, 2.45) is 0 Å². The third-order valence-corrected chi connectivity index (χ3v) is 5.29. The summed E-state index contributed by atoms with van der Waals surface area (Å²) in [7, 11) is 0. The maximum atomic E-state index is 12.5. The van der Waals surface area contributed by atoms with Gasteiger partial charge in [0.15, 0.2) is 0 Å². The molecule has 1 amide bonds. The van der Waals surface area contributed by atoms with Crippen molar-refractivity contribution in [2.75, 3.05) is 6.54 Å². The number of ether oxygens (including phenoxy) is 1. The van der Waals surface area contributed by atoms with Crippen LogP contribution in [0.25, 0.3) is 34.7 Å². The minimum Gasteiger partial charge on any atom is -0.457 e. The number of carbonyl (C=O) groups is 1. The molecule has 172 valence electrons. The number of halogens is 3. The van der Waals surface area contributed by atoms with Gasteiger partial charge in [0.2, 0.25) is 0 Å². The molecule has 1 aliphatic rings. The number of nitrogens with one attached hydrogen (secondary N) is 2. The van der Waals surface area contributed by atoms with Crippen LogP contribution in [0, 0.1) is 0 Å². The molecule has 34 heavy (non-hydrogen) atoms. The van der Waals surface area contributed by atoms with Crippen LogP contribution in [0.1, 0.15) is 27.5 Å². The first-order chi connectivity index (χ1) is 16.3. The minimum atomic E-state index is -4.76. The number of furan rings is 1. The number of fused-ring (bicyclic) bond motifs is 1. The van der Waals surface area contributed by atoms with Crippen molar-refractivity contribution in [1.82, 2.24) is 15.3 Å². The highest BCUT2D eigenvalue weighted by molar-refractivity contribution is 5.97. The van der Waals surface area contributed by atoms with E-state index in [-0.39, 0.29) is 11.7 Å². The molecule has 0 spiro atoms. The van der Waals surface area contributed by atoms with Crippen LogP contribution in [0.5, 0.6) is 5.75 Å². The smallest absolute Gasteiger partial charge is 0.457 e. The predicted molar refractivity (Wildman–Crippen MR) is 120 cm³/mol. The molecule has 0 saturated heterocycles. The Balaban J connectivity index is 1.33. The average Bonchev–Trinajstić information content (AvgIpc) is 3.45. The van der Waals surface area contributed by atoms with Gasteiger partial charge in [-0.2, -0.15) is 0 Å². The Morgan fingerprint density at radius 2 is 1.91 bits per heavy atom. The summed E-state index contributed by atoms with van der Waals surface area (Å²) < 4.78 is 47.1. The predicted octanol–water partition coefficient (Wildman–Crippen LogP) is 5.69. The molecule has 6 nitrogen and oxygen atoms in total. The van der Waals surface area contributed by atoms with Crippen LogP contribution >= 0.6 is 0 Å². The van der Waals surface area contributed by atoms with Crippen LogP contribution in [-0.2, 0) is 6.42 Å². The average molecular weight is 465 g/mol. The van der Waals surface area contributed by atoms with Gasteiger partial charge in [0.25, 0.3) is 5.91 Å². The highest BCUT2D eigenvalue weighted by Gasteiger charge is 2.31. The topological polar surface area (TPSA) is 80.2 Å². The second kappa shape index (κ2) is 8.58. The van der Waals surface area contributed by atoms with Crippen LogP contribution in [0.4, 0.5) is 13.2 Å². The fourth-order valence-corrected chi connectivity index (χ4v) is 3.77. The zero-order chi connectivity index (χ0) is 23.7. The molecule has 1 aliphatic heterocycles. The maximum absolute atomic E-state index is 12.5. The first-order valence-corrected chi connectivity index (χ1v) is 10.4. The van der Waals surface area contributed by atoms with Crippen LogP contribution in [-0.4, -0.2) is 28.8 Å². The number of pyridine rings is 1. The van der Waals surface area contributed by atoms with Crippen LogP contribution in [0.3, 0.4) is 0 Å². The lowest BCUT2D eigenvalue weighted by molar-refractivity contribution is -0.274. The van der Waals surface area contributed by atoms with E-state index in [1.54, 1.807) is 36.5 Å². The molecule has 5 rings (SSSR count). The molecule has 0 aliphatic carbocycles. The zero-order valence-electron chi connectivity index (χ0n) is 17.6. The fourth-order valence-electron chi connectivity index (χ4n) is 3.77. The van der Waals surface area contributed by atoms with Gasteiger partial charge in [0.1, 0.15) is 17.3 Å². The number of aromatic nitrogens is 2. The maximum Gasteiger partial charge on any atom is 0.573 e. The fraction of sp³-hybridized carbons (Fsp3) is 0.120. The number of nitrogens with zero attached hydrogens (tertiary/aromatic N) is 1. The van der Waals surface area contributed by atoms with Gasteiger partial charge in [-0.1, -0.05) is 12.1 Å². The molecule has 2 N–H and O–H groups in total. The Kier molecular flexibility index (Phi) is 5.45. The number of hydrogen-bond donors (Lipinski definition) is 2. The molecule has 1 aromatic carbocycles. The molecule has 0 radical (unpaired) electrons. The molecule has 0 atom stereocenters. The van der Waals surface area contributed by atoms with E-state index in [0.29, 0.717) is 34.9 Å². The summed E-state index contributed by atoms with van der Waals surface area (Å²) in [6.07, 6.45) is 1.16. The van der Waals surface area contributed by atoms with Crippen molar-refractivity contribution in [3.05, 3.63) is 83.5 Å². The molecule has 3 aromatic heterocycles. The van der Waals surface area contributed by atoms with Crippen LogP contribution in [0.15, 0.2) is 65.2 Å². The Morgan fingerprint density at radius 1 is 1.03 bits per heavy atom. The number of H-pyrrole nitrogens is 1. The van der Waals surface area contributed by atoms with E-state index in [2.05, 4.69) is 20.0 Å². The number of rotatable bonds is 5. The van der Waals surface area contributed by atoms with E-state index >= 15 is 0 Å². The van der Waals surface area contributed by atoms with Gasteiger partial charge in [-0.05, 0) is 54.6 Å². The number of aromatic amines is 1. The third-order valence-electron chi connectivity index (χ3n) is 5.29. The third kappa shape index (κ3) is 4.73. The second-order valence-corrected chi connectivity index (χ2v) is 7.66. The van der Waals surface area contributed by atoms with Gasteiger partial charge in [0, 0.05) is 41.7 Å². The second-order valence-electron chi connectivity index (χ2n) is 7.66. The summed E-state index contributed by atoms with van der Waals surface area (Å²) in [6, 6.07) is 14.6. The van der Waals surface area contributed by atoms with E-state index in [0.717, 1.165) is 23.4 Å². The highest BCUT2D eigenvalue weighted by Crippen LogP contribution is 2.30. The number of alkyl halides is 3. The van der Waals surface area contributed by atoms with E-state index in [4.69, 9.17) is 4.42 Å². The summed E-state index contributed by atoms with van der Waals surface area (Å²) in [6.45, 7) is 0.612. The van der Waals surface area contributed by atoms with Crippen LogP contribution < -0.4 is 10.1 Å². The molecule has 9 heteroatoms. The Hall–Kier alpha value is -4.27. The lowest BCUT2D eigenvalue weighted by Crippen LogP contribution is -2.31. The quantitative estimate of drug-likeness (QED) is 0.397. The molecule has 0 fully saturated rings. The molecule has 4 aromatic rings. The van der Waals surface area contributed by atoms with E-state index in [9.17, 15) is 18.0 Å². The summed E-state index contributed by atoms with van der Waals surface area (Å²) in [5, 5.41) is 2.83.